The van der Waals surface area contributed by atoms with E-state index in [1.54, 1.807) is 6.20 Å². The van der Waals surface area contributed by atoms with Gasteiger partial charge in [0.25, 0.3) is 11.8 Å². The van der Waals surface area contributed by atoms with Crippen LogP contribution in [0.2, 0.25) is 0 Å². The van der Waals surface area contributed by atoms with Crippen LogP contribution in [0, 0.1) is 6.92 Å². The molecule has 0 radical (unpaired) electrons. The van der Waals surface area contributed by atoms with Gasteiger partial charge in [-0.2, -0.15) is 0 Å². The van der Waals surface area contributed by atoms with Crippen molar-refractivity contribution in [2.75, 3.05) is 5.32 Å². The van der Waals surface area contributed by atoms with E-state index >= 15 is 0 Å². The van der Waals surface area contributed by atoms with Gasteiger partial charge in [0.2, 0.25) is 0 Å². The number of piperidine rings is 1. The van der Waals surface area contributed by atoms with Crippen molar-refractivity contribution in [3.05, 3.63) is 64.5 Å². The Hall–Kier alpha value is -3.15. The molecule has 3 aliphatic rings. The Labute approximate surface area is 176 Å². The summed E-state index contributed by atoms with van der Waals surface area (Å²) in [7, 11) is 0. The predicted octanol–water partition coefficient (Wildman–Crippen LogP) is 3.31. The highest BCUT2D eigenvalue weighted by Crippen LogP contribution is 2.39. The van der Waals surface area contributed by atoms with Crippen LogP contribution in [0.25, 0.3) is 6.08 Å². The number of rotatable bonds is 4. The molecule has 2 aromatic rings. The van der Waals surface area contributed by atoms with E-state index < -0.39 is 5.91 Å². The number of aryl methyl sites for hydroxylation is 1. The van der Waals surface area contributed by atoms with Gasteiger partial charge in [0, 0.05) is 41.9 Å². The van der Waals surface area contributed by atoms with Crippen molar-refractivity contribution in [3.63, 3.8) is 0 Å². The largest absolute Gasteiger partial charge is 0.381 e. The first-order chi connectivity index (χ1) is 14.5. The van der Waals surface area contributed by atoms with Gasteiger partial charge in [-0.3, -0.25) is 14.6 Å². The highest BCUT2D eigenvalue weighted by atomic mass is 16.2. The third-order valence-electron chi connectivity index (χ3n) is 6.75. The van der Waals surface area contributed by atoms with Crippen molar-refractivity contribution in [1.29, 1.82) is 0 Å². The van der Waals surface area contributed by atoms with Gasteiger partial charge in [0.05, 0.1) is 16.9 Å². The number of hydrogen-bond acceptors (Lipinski definition) is 4. The topological polar surface area (TPSA) is 88.3 Å². The Morgan fingerprint density at radius 2 is 1.87 bits per heavy atom. The SMILES string of the molecule is Cc1ccccc1C(=O)N1[C@@H]2CC[C@H]1CC(Nc1c(C(N)=O)cnc3c1C=CC3)C2. The van der Waals surface area contributed by atoms with Crippen LogP contribution in [0.4, 0.5) is 5.69 Å². The minimum atomic E-state index is -0.469. The number of allylic oxidation sites excluding steroid dienone is 1. The van der Waals surface area contributed by atoms with Crippen LogP contribution in [-0.2, 0) is 6.42 Å². The second-order valence-electron chi connectivity index (χ2n) is 8.60. The molecule has 154 valence electrons. The molecular formula is C24H26N4O2. The van der Waals surface area contributed by atoms with E-state index in [4.69, 9.17) is 5.73 Å². The molecule has 3 heterocycles. The summed E-state index contributed by atoms with van der Waals surface area (Å²) in [5.41, 5.74) is 10.6. The van der Waals surface area contributed by atoms with E-state index in [1.807, 2.05) is 37.3 Å². The fourth-order valence-corrected chi connectivity index (χ4v) is 5.32. The van der Waals surface area contributed by atoms with Crippen molar-refractivity contribution in [2.24, 2.45) is 5.73 Å². The molecule has 0 saturated carbocycles. The van der Waals surface area contributed by atoms with Crippen LogP contribution in [-0.4, -0.2) is 39.8 Å². The number of nitrogens with one attached hydrogen (secondary N) is 1. The van der Waals surface area contributed by atoms with Gasteiger partial charge >= 0.3 is 0 Å². The zero-order chi connectivity index (χ0) is 20.8. The van der Waals surface area contributed by atoms with E-state index in [0.29, 0.717) is 5.56 Å². The summed E-state index contributed by atoms with van der Waals surface area (Å²) >= 11 is 0. The molecule has 6 heteroatoms. The standard InChI is InChI=1S/C24H26N4O2/c1-14-5-2-3-6-18(14)24(30)28-16-9-10-17(28)12-15(11-16)27-22-19-7-4-8-21(19)26-13-20(22)23(25)29/h2-7,13,15-17H,8-12H2,1H3,(H2,25,29)(H,26,27)/t15?,16-,17+. The van der Waals surface area contributed by atoms with E-state index in [-0.39, 0.29) is 24.0 Å². The maximum absolute atomic E-state index is 13.3. The average Bonchev–Trinajstić information content (AvgIpc) is 3.30. The number of amides is 2. The Morgan fingerprint density at radius 3 is 2.57 bits per heavy atom. The molecule has 0 spiro atoms. The van der Waals surface area contributed by atoms with Crippen molar-refractivity contribution in [2.45, 2.75) is 57.2 Å². The second-order valence-corrected chi connectivity index (χ2v) is 8.60. The molecule has 2 aliphatic heterocycles. The van der Waals surface area contributed by atoms with Crippen molar-refractivity contribution in [3.8, 4) is 0 Å². The minimum absolute atomic E-state index is 0.143. The monoisotopic (exact) mass is 402 g/mol. The minimum Gasteiger partial charge on any atom is -0.381 e. The zero-order valence-electron chi connectivity index (χ0n) is 17.1. The van der Waals surface area contributed by atoms with Gasteiger partial charge in [-0.1, -0.05) is 30.4 Å². The molecule has 3 N–H and O–H groups in total. The Bertz CT molecular complexity index is 1050. The van der Waals surface area contributed by atoms with Crippen LogP contribution in [0.5, 0.6) is 0 Å². The third-order valence-corrected chi connectivity index (χ3v) is 6.75. The van der Waals surface area contributed by atoms with Crippen molar-refractivity contribution < 1.29 is 9.59 Å². The molecule has 3 atom stereocenters. The molecule has 1 aromatic carbocycles. The highest BCUT2D eigenvalue weighted by molar-refractivity contribution is 6.00. The lowest BCUT2D eigenvalue weighted by molar-refractivity contribution is 0.0582. The maximum atomic E-state index is 13.3. The van der Waals surface area contributed by atoms with Gasteiger partial charge in [-0.05, 0) is 44.2 Å². The fraction of sp³-hybridized carbons (Fsp3) is 0.375. The molecule has 1 unspecified atom stereocenters. The molecule has 5 rings (SSSR count). The highest BCUT2D eigenvalue weighted by Gasteiger charge is 2.44. The summed E-state index contributed by atoms with van der Waals surface area (Å²) in [5, 5.41) is 3.61. The zero-order valence-corrected chi connectivity index (χ0v) is 17.1. The number of benzene rings is 1. The molecule has 1 aliphatic carbocycles. The number of anilines is 1. The lowest BCUT2D eigenvalue weighted by Crippen LogP contribution is -2.50. The summed E-state index contributed by atoms with van der Waals surface area (Å²) in [4.78, 5) is 31.8. The van der Waals surface area contributed by atoms with Crippen molar-refractivity contribution in [1.82, 2.24) is 9.88 Å². The first-order valence-electron chi connectivity index (χ1n) is 10.7. The lowest BCUT2D eigenvalue weighted by atomic mass is 9.94. The van der Waals surface area contributed by atoms with E-state index in [1.165, 1.54) is 0 Å². The number of aromatic nitrogens is 1. The quantitative estimate of drug-likeness (QED) is 0.821. The van der Waals surface area contributed by atoms with Crippen molar-refractivity contribution >= 4 is 23.6 Å². The summed E-state index contributed by atoms with van der Waals surface area (Å²) in [6, 6.07) is 8.45. The van der Waals surface area contributed by atoms with Gasteiger partial charge in [0.1, 0.15) is 0 Å². The molecule has 30 heavy (non-hydrogen) atoms. The summed E-state index contributed by atoms with van der Waals surface area (Å²) < 4.78 is 0. The lowest BCUT2D eigenvalue weighted by Gasteiger charge is -2.40. The smallest absolute Gasteiger partial charge is 0.254 e. The first-order valence-corrected chi connectivity index (χ1v) is 10.7. The van der Waals surface area contributed by atoms with Gasteiger partial charge in [0.15, 0.2) is 0 Å². The van der Waals surface area contributed by atoms with Gasteiger partial charge in [-0.15, -0.1) is 0 Å². The van der Waals surface area contributed by atoms with Crippen LogP contribution < -0.4 is 11.1 Å². The second kappa shape index (κ2) is 7.27. The summed E-state index contributed by atoms with van der Waals surface area (Å²) in [5.74, 6) is -0.326. The average molecular weight is 402 g/mol. The molecule has 2 amide bonds. The number of pyridine rings is 1. The molecule has 2 bridgehead atoms. The van der Waals surface area contributed by atoms with E-state index in [0.717, 1.165) is 60.2 Å². The summed E-state index contributed by atoms with van der Waals surface area (Å²) in [6.07, 6.45) is 10.2. The number of nitrogens with zero attached hydrogens (tertiary/aromatic N) is 2. The number of nitrogens with two attached hydrogens (primary N) is 1. The normalized spacial score (nSPS) is 24.0. The number of hydrogen-bond donors (Lipinski definition) is 2. The molecule has 2 saturated heterocycles. The van der Waals surface area contributed by atoms with Crippen LogP contribution in [0.1, 0.15) is 63.2 Å². The maximum Gasteiger partial charge on any atom is 0.254 e. The Morgan fingerprint density at radius 1 is 1.13 bits per heavy atom. The Balaban J connectivity index is 1.38. The molecule has 1 aromatic heterocycles. The molecular weight excluding hydrogens is 376 g/mol. The molecule has 6 nitrogen and oxygen atoms in total. The van der Waals surface area contributed by atoms with E-state index in [9.17, 15) is 9.59 Å². The number of fused-ring (bicyclic) bond motifs is 3. The van der Waals surface area contributed by atoms with Gasteiger partial charge in [-0.25, -0.2) is 0 Å². The number of carbonyl (C=O) groups is 2. The number of primary amides is 1. The Kier molecular flexibility index (Phi) is 4.57. The summed E-state index contributed by atoms with van der Waals surface area (Å²) in [6.45, 7) is 1.99. The molecule has 2 fully saturated rings. The van der Waals surface area contributed by atoms with Gasteiger partial charge < -0.3 is 16.0 Å². The van der Waals surface area contributed by atoms with Crippen LogP contribution in [0.15, 0.2) is 36.5 Å². The van der Waals surface area contributed by atoms with E-state index in [2.05, 4.69) is 21.3 Å². The predicted molar refractivity (Wildman–Crippen MR) is 116 cm³/mol. The van der Waals surface area contributed by atoms with Crippen LogP contribution in [0.3, 0.4) is 0 Å². The number of carbonyl (C=O) groups excluding carboxylic acids is 2. The van der Waals surface area contributed by atoms with Crippen LogP contribution >= 0.6 is 0 Å². The first kappa shape index (κ1) is 18.9. The third kappa shape index (κ3) is 3.07. The fourth-order valence-electron chi connectivity index (χ4n) is 5.32.